The molecular weight excluding hydrogens is 415 g/mol. The number of aromatic amines is 1. The second-order valence-electron chi connectivity index (χ2n) is 6.68. The molecule has 1 saturated heterocycles. The molecule has 0 bridgehead atoms. The predicted molar refractivity (Wildman–Crippen MR) is 107 cm³/mol. The molecule has 6 nitrogen and oxygen atoms in total. The molecule has 0 radical (unpaired) electrons. The summed E-state index contributed by atoms with van der Waals surface area (Å²) in [5, 5.41) is 0.963. The first kappa shape index (κ1) is 19.9. The quantitative estimate of drug-likeness (QED) is 0.475. The van der Waals surface area contributed by atoms with Gasteiger partial charge in [0.15, 0.2) is 0 Å². The van der Waals surface area contributed by atoms with Gasteiger partial charge in [-0.15, -0.1) is 0 Å². The van der Waals surface area contributed by atoms with E-state index in [-0.39, 0.29) is 13.2 Å². The van der Waals surface area contributed by atoms with E-state index in [9.17, 15) is 4.79 Å². The lowest BCUT2D eigenvalue weighted by molar-refractivity contribution is -0.719. The Morgan fingerprint density at radius 1 is 1.24 bits per heavy atom. The first-order valence-electron chi connectivity index (χ1n) is 9.07. The number of carbonyl (C=O) groups excluding carboxylic acids is 1. The van der Waals surface area contributed by atoms with Crippen LogP contribution in [0.5, 0.6) is 0 Å². The summed E-state index contributed by atoms with van der Waals surface area (Å²) in [5.41, 5.74) is 1.15. The van der Waals surface area contributed by atoms with Crippen LogP contribution in [0.1, 0.15) is 15.9 Å². The molecule has 1 aliphatic rings. The van der Waals surface area contributed by atoms with Crippen LogP contribution in [-0.4, -0.2) is 30.3 Å². The highest BCUT2D eigenvalue weighted by atomic mass is 35.5. The molecule has 1 fully saturated rings. The first-order valence-corrected chi connectivity index (χ1v) is 9.83. The number of ether oxygens (including phenoxy) is 3. The molecule has 3 aromatic rings. The molecule has 0 unspecified atom stereocenters. The number of aromatic nitrogens is 2. The van der Waals surface area contributed by atoms with E-state index < -0.39 is 17.9 Å². The average molecular weight is 434 g/mol. The Morgan fingerprint density at radius 2 is 2.07 bits per heavy atom. The van der Waals surface area contributed by atoms with Crippen molar-refractivity contribution in [2.45, 2.75) is 18.4 Å². The maximum Gasteiger partial charge on any atom is 0.338 e. The molecule has 4 rings (SSSR count). The van der Waals surface area contributed by atoms with Crippen molar-refractivity contribution in [2.75, 3.05) is 13.2 Å². The van der Waals surface area contributed by atoms with Crippen molar-refractivity contribution < 1.29 is 23.6 Å². The van der Waals surface area contributed by atoms with Crippen molar-refractivity contribution in [2.24, 2.45) is 0 Å². The lowest BCUT2D eigenvalue weighted by Crippen LogP contribution is -2.46. The number of esters is 1. The van der Waals surface area contributed by atoms with Gasteiger partial charge in [0, 0.05) is 10.6 Å². The number of imidazole rings is 1. The van der Waals surface area contributed by atoms with Crippen molar-refractivity contribution in [3.63, 3.8) is 0 Å². The van der Waals surface area contributed by atoms with Crippen molar-refractivity contribution >= 4 is 29.2 Å². The average Bonchev–Trinajstić information content (AvgIpc) is 3.37. The van der Waals surface area contributed by atoms with Gasteiger partial charge in [0.05, 0.1) is 17.2 Å². The van der Waals surface area contributed by atoms with Crippen LogP contribution in [0.4, 0.5) is 0 Å². The van der Waals surface area contributed by atoms with Crippen LogP contribution in [-0.2, 0) is 26.5 Å². The maximum atomic E-state index is 12.2. The number of nitrogens with one attached hydrogen (secondary N) is 1. The van der Waals surface area contributed by atoms with Crippen LogP contribution in [0.3, 0.4) is 0 Å². The molecular formula is C21H19Cl2N2O4+. The molecule has 2 heterocycles. The third-order valence-corrected chi connectivity index (χ3v) is 5.15. The molecule has 2 atom stereocenters. The molecule has 0 saturated carbocycles. The fourth-order valence-electron chi connectivity index (χ4n) is 3.24. The zero-order valence-corrected chi connectivity index (χ0v) is 16.9. The minimum absolute atomic E-state index is 0.0679. The van der Waals surface area contributed by atoms with Gasteiger partial charge in [-0.3, -0.25) is 4.98 Å². The van der Waals surface area contributed by atoms with Gasteiger partial charge in [0.1, 0.15) is 31.6 Å². The smallest absolute Gasteiger partial charge is 0.338 e. The summed E-state index contributed by atoms with van der Waals surface area (Å²) in [7, 11) is 0. The Balaban J connectivity index is 1.51. The normalized spacial score (nSPS) is 21.2. The summed E-state index contributed by atoms with van der Waals surface area (Å²) >= 11 is 12.5. The van der Waals surface area contributed by atoms with Gasteiger partial charge in [-0.1, -0.05) is 47.5 Å². The summed E-state index contributed by atoms with van der Waals surface area (Å²) in [6.45, 7) is 0.686. The van der Waals surface area contributed by atoms with E-state index in [0.717, 1.165) is 0 Å². The molecule has 2 aromatic carbocycles. The molecule has 150 valence electrons. The highest BCUT2D eigenvalue weighted by Crippen LogP contribution is 2.39. The van der Waals surface area contributed by atoms with Gasteiger partial charge in [-0.2, -0.15) is 0 Å². The summed E-state index contributed by atoms with van der Waals surface area (Å²) in [6, 6.07) is 14.0. The second kappa shape index (κ2) is 8.55. The van der Waals surface area contributed by atoms with Gasteiger partial charge in [-0.05, 0) is 24.3 Å². The van der Waals surface area contributed by atoms with Crippen LogP contribution >= 0.6 is 23.2 Å². The van der Waals surface area contributed by atoms with Gasteiger partial charge in [0.25, 0.3) is 0 Å². The minimum Gasteiger partial charge on any atom is -0.459 e. The second-order valence-corrected chi connectivity index (χ2v) is 7.52. The molecule has 1 aromatic heterocycles. The van der Waals surface area contributed by atoms with Crippen LogP contribution in [0.2, 0.25) is 10.0 Å². The highest BCUT2D eigenvalue weighted by Gasteiger charge is 2.47. The largest absolute Gasteiger partial charge is 0.459 e. The van der Waals surface area contributed by atoms with E-state index in [1.54, 1.807) is 55.0 Å². The molecule has 29 heavy (non-hydrogen) atoms. The third-order valence-electron chi connectivity index (χ3n) is 4.60. The zero-order chi connectivity index (χ0) is 20.3. The SMILES string of the molecule is O=C(OC[C@H]1CO[C@](C[n+]2cc[nH]c2)(c2ccc(Cl)cc2Cl)O1)c1ccccc1. The lowest BCUT2D eigenvalue weighted by atomic mass is 10.1. The van der Waals surface area contributed by atoms with Crippen LogP contribution in [0.15, 0.2) is 67.3 Å². The number of carbonyl (C=O) groups is 1. The number of halogens is 2. The highest BCUT2D eigenvalue weighted by molar-refractivity contribution is 6.35. The Kier molecular flexibility index (Phi) is 5.87. The van der Waals surface area contributed by atoms with Gasteiger partial charge >= 0.3 is 5.97 Å². The van der Waals surface area contributed by atoms with Crippen molar-refractivity contribution in [1.29, 1.82) is 0 Å². The molecule has 1 N–H and O–H groups in total. The number of hydrogen-bond donors (Lipinski definition) is 1. The number of rotatable bonds is 6. The molecule has 1 aliphatic heterocycles. The fraction of sp³-hybridized carbons (Fsp3) is 0.238. The van der Waals surface area contributed by atoms with Crippen LogP contribution in [0, 0.1) is 0 Å². The van der Waals surface area contributed by atoms with Crippen molar-refractivity contribution in [3.05, 3.63) is 88.4 Å². The van der Waals surface area contributed by atoms with E-state index in [0.29, 0.717) is 27.7 Å². The van der Waals surface area contributed by atoms with Gasteiger partial charge < -0.3 is 14.2 Å². The van der Waals surface area contributed by atoms with Crippen molar-refractivity contribution in [3.8, 4) is 0 Å². The number of nitrogens with zero attached hydrogens (tertiary/aromatic N) is 1. The van der Waals surface area contributed by atoms with E-state index in [1.807, 2.05) is 16.8 Å². The number of benzene rings is 2. The zero-order valence-electron chi connectivity index (χ0n) is 15.4. The van der Waals surface area contributed by atoms with Gasteiger partial charge in [-0.25, -0.2) is 9.36 Å². The summed E-state index contributed by atoms with van der Waals surface area (Å²) in [5.74, 6) is -1.53. The topological polar surface area (TPSA) is 64.4 Å². The summed E-state index contributed by atoms with van der Waals surface area (Å²) in [6.07, 6.45) is 5.02. The standard InChI is InChI=1S/C21H18Cl2N2O4/c22-16-6-7-18(19(23)10-16)21(13-25-9-8-24-14-25)28-12-17(29-21)11-27-20(26)15-4-2-1-3-5-15/h1-10,14,17H,11-13H2/p+1/t17-,21-/m0/s1. The summed E-state index contributed by atoms with van der Waals surface area (Å²) < 4.78 is 19.7. The Bertz CT molecular complexity index is 982. The number of hydrogen-bond acceptors (Lipinski definition) is 4. The van der Waals surface area contributed by atoms with Crippen molar-refractivity contribution in [1.82, 2.24) is 4.98 Å². The van der Waals surface area contributed by atoms with E-state index >= 15 is 0 Å². The first-order chi connectivity index (χ1) is 14.1. The fourth-order valence-corrected chi connectivity index (χ4v) is 3.79. The molecule has 8 heteroatoms. The Morgan fingerprint density at radius 3 is 2.79 bits per heavy atom. The molecule has 0 aliphatic carbocycles. The predicted octanol–water partition coefficient (Wildman–Crippen LogP) is 3.73. The molecule has 0 spiro atoms. The van der Waals surface area contributed by atoms with E-state index in [2.05, 4.69) is 4.98 Å². The summed E-state index contributed by atoms with van der Waals surface area (Å²) in [4.78, 5) is 15.2. The van der Waals surface area contributed by atoms with E-state index in [1.165, 1.54) is 0 Å². The maximum absolute atomic E-state index is 12.2. The minimum atomic E-state index is -1.13. The molecule has 0 amide bonds. The third kappa shape index (κ3) is 4.46. The number of H-pyrrole nitrogens is 1. The van der Waals surface area contributed by atoms with Gasteiger partial charge in [0.2, 0.25) is 12.1 Å². The lowest BCUT2D eigenvalue weighted by Gasteiger charge is -2.27. The Hall–Kier alpha value is -2.38. The Labute approximate surface area is 177 Å². The van der Waals surface area contributed by atoms with Crippen LogP contribution < -0.4 is 4.57 Å². The van der Waals surface area contributed by atoms with E-state index in [4.69, 9.17) is 37.4 Å². The monoisotopic (exact) mass is 433 g/mol. The van der Waals surface area contributed by atoms with Crippen LogP contribution in [0.25, 0.3) is 0 Å².